The first-order chi connectivity index (χ1) is 5.43. The Balaban J connectivity index is 0.00000121. The fraction of sp³-hybridized carbons (Fsp3) is 0.444. The minimum atomic E-state index is 0. The Hall–Kier alpha value is -0.130. The highest BCUT2D eigenvalue weighted by molar-refractivity contribution is 7.46. The van der Waals surface area contributed by atoms with Crippen LogP contribution in [0, 0.1) is 0 Å². The molecule has 0 aromatic carbocycles. The van der Waals surface area contributed by atoms with Gasteiger partial charge in [0.15, 0.2) is 0 Å². The van der Waals surface area contributed by atoms with Crippen LogP contribution in [0.2, 0.25) is 0 Å². The smallest absolute Gasteiger partial charge is 0.0600 e. The second-order valence-electron chi connectivity index (χ2n) is 2.50. The molecule has 68 valence electrons. The standard InChI is InChI=1S/C9H14NP.ClH/c1-2-3-8-11-9-6-4-5-7-10-9;/h4-7,11H,2-3,8H2,1H3;1H. The van der Waals surface area contributed by atoms with Gasteiger partial charge in [0, 0.05) is 6.20 Å². The van der Waals surface area contributed by atoms with Crippen molar-refractivity contribution >= 4 is 26.4 Å². The minimum absolute atomic E-state index is 0. The highest BCUT2D eigenvalue weighted by Gasteiger charge is 1.90. The SMILES string of the molecule is CCCCPc1ccccn1.Cl. The van der Waals surface area contributed by atoms with Crippen molar-refractivity contribution in [3.8, 4) is 0 Å². The van der Waals surface area contributed by atoms with Crippen LogP contribution in [0.3, 0.4) is 0 Å². The van der Waals surface area contributed by atoms with Crippen LogP contribution in [0.15, 0.2) is 24.4 Å². The average Bonchev–Trinajstić information content (AvgIpc) is 2.07. The van der Waals surface area contributed by atoms with E-state index in [9.17, 15) is 0 Å². The molecular weight excluding hydrogens is 189 g/mol. The number of halogens is 1. The van der Waals surface area contributed by atoms with Crippen molar-refractivity contribution in [1.82, 2.24) is 4.98 Å². The molecule has 0 radical (unpaired) electrons. The van der Waals surface area contributed by atoms with Crippen LogP contribution in [0.1, 0.15) is 19.8 Å². The molecule has 0 amide bonds. The Labute approximate surface area is 82.2 Å². The minimum Gasteiger partial charge on any atom is -0.257 e. The van der Waals surface area contributed by atoms with E-state index < -0.39 is 0 Å². The van der Waals surface area contributed by atoms with E-state index >= 15 is 0 Å². The van der Waals surface area contributed by atoms with Crippen LogP contribution in [-0.2, 0) is 0 Å². The van der Waals surface area contributed by atoms with E-state index in [4.69, 9.17) is 0 Å². The number of nitrogens with zero attached hydrogens (tertiary/aromatic N) is 1. The quantitative estimate of drug-likeness (QED) is 0.542. The van der Waals surface area contributed by atoms with Crippen LogP contribution in [-0.4, -0.2) is 11.1 Å². The van der Waals surface area contributed by atoms with E-state index in [1.807, 2.05) is 12.3 Å². The highest BCUT2D eigenvalue weighted by Crippen LogP contribution is 2.09. The molecule has 1 heterocycles. The Morgan fingerprint density at radius 1 is 1.42 bits per heavy atom. The summed E-state index contributed by atoms with van der Waals surface area (Å²) in [4.78, 5) is 4.26. The van der Waals surface area contributed by atoms with Gasteiger partial charge in [0.1, 0.15) is 0 Å². The summed E-state index contributed by atoms with van der Waals surface area (Å²) in [6.45, 7) is 2.23. The summed E-state index contributed by atoms with van der Waals surface area (Å²) in [6, 6.07) is 6.13. The van der Waals surface area contributed by atoms with Crippen molar-refractivity contribution in [2.45, 2.75) is 19.8 Å². The van der Waals surface area contributed by atoms with E-state index in [1.54, 1.807) is 0 Å². The lowest BCUT2D eigenvalue weighted by Crippen LogP contribution is -1.99. The zero-order valence-corrected chi connectivity index (χ0v) is 9.10. The molecule has 1 rings (SSSR count). The lowest BCUT2D eigenvalue weighted by molar-refractivity contribution is 0.895. The van der Waals surface area contributed by atoms with Crippen molar-refractivity contribution in [1.29, 1.82) is 0 Å². The van der Waals surface area contributed by atoms with E-state index in [0.717, 1.165) is 8.58 Å². The molecule has 0 bridgehead atoms. The van der Waals surface area contributed by atoms with Gasteiger partial charge in [-0.1, -0.05) is 28.0 Å². The van der Waals surface area contributed by atoms with Crippen molar-refractivity contribution < 1.29 is 0 Å². The van der Waals surface area contributed by atoms with E-state index in [2.05, 4.69) is 24.0 Å². The van der Waals surface area contributed by atoms with Crippen molar-refractivity contribution in [2.75, 3.05) is 6.16 Å². The van der Waals surface area contributed by atoms with Gasteiger partial charge in [-0.3, -0.25) is 4.98 Å². The predicted octanol–water partition coefficient (Wildman–Crippen LogP) is 2.61. The molecule has 0 aliphatic carbocycles. The van der Waals surface area contributed by atoms with Crippen molar-refractivity contribution in [3.05, 3.63) is 24.4 Å². The normalized spacial score (nSPS) is 10.1. The number of unbranched alkanes of at least 4 members (excludes halogenated alkanes) is 1. The molecule has 1 aromatic rings. The molecule has 1 unspecified atom stereocenters. The van der Waals surface area contributed by atoms with Gasteiger partial charge in [0.05, 0.1) is 5.44 Å². The number of hydrogen-bond acceptors (Lipinski definition) is 1. The Morgan fingerprint density at radius 2 is 2.25 bits per heavy atom. The first kappa shape index (κ1) is 11.9. The third kappa shape index (κ3) is 4.69. The molecule has 0 fully saturated rings. The number of aromatic nitrogens is 1. The highest BCUT2D eigenvalue weighted by atomic mass is 35.5. The number of pyridine rings is 1. The van der Waals surface area contributed by atoms with Crippen LogP contribution in [0.5, 0.6) is 0 Å². The van der Waals surface area contributed by atoms with Gasteiger partial charge < -0.3 is 0 Å². The summed E-state index contributed by atoms with van der Waals surface area (Å²) in [5.41, 5.74) is 1.25. The van der Waals surface area contributed by atoms with Gasteiger partial charge in [-0.25, -0.2) is 0 Å². The van der Waals surface area contributed by atoms with E-state index in [1.165, 1.54) is 24.4 Å². The zero-order valence-electron chi connectivity index (χ0n) is 7.29. The van der Waals surface area contributed by atoms with Crippen molar-refractivity contribution in [2.24, 2.45) is 0 Å². The van der Waals surface area contributed by atoms with Crippen LogP contribution < -0.4 is 5.44 Å². The third-order valence-electron chi connectivity index (χ3n) is 1.50. The van der Waals surface area contributed by atoms with Crippen LogP contribution in [0.4, 0.5) is 0 Å². The summed E-state index contributed by atoms with van der Waals surface area (Å²) in [5.74, 6) is 0. The van der Waals surface area contributed by atoms with Gasteiger partial charge >= 0.3 is 0 Å². The maximum atomic E-state index is 4.26. The molecule has 0 aliphatic heterocycles. The number of rotatable bonds is 4. The molecule has 0 spiro atoms. The maximum absolute atomic E-state index is 4.26. The van der Waals surface area contributed by atoms with Gasteiger partial charge in [0.2, 0.25) is 0 Å². The van der Waals surface area contributed by atoms with Crippen LogP contribution >= 0.6 is 21.0 Å². The Morgan fingerprint density at radius 3 is 2.83 bits per heavy atom. The monoisotopic (exact) mass is 203 g/mol. The Kier molecular flexibility index (Phi) is 7.43. The first-order valence-electron chi connectivity index (χ1n) is 4.08. The summed E-state index contributed by atoms with van der Waals surface area (Å²) in [7, 11) is 0.900. The summed E-state index contributed by atoms with van der Waals surface area (Å²) >= 11 is 0. The summed E-state index contributed by atoms with van der Waals surface area (Å²) in [6.07, 6.45) is 5.79. The third-order valence-corrected chi connectivity index (χ3v) is 2.76. The topological polar surface area (TPSA) is 12.9 Å². The zero-order chi connectivity index (χ0) is 7.94. The number of hydrogen-bond donors (Lipinski definition) is 0. The molecule has 1 atom stereocenters. The van der Waals surface area contributed by atoms with E-state index in [-0.39, 0.29) is 12.4 Å². The van der Waals surface area contributed by atoms with Gasteiger partial charge in [0.25, 0.3) is 0 Å². The molecule has 12 heavy (non-hydrogen) atoms. The lowest BCUT2D eigenvalue weighted by atomic mass is 10.4. The second kappa shape index (κ2) is 7.52. The van der Waals surface area contributed by atoms with Gasteiger partial charge in [-0.05, 0) is 24.7 Å². The molecule has 3 heteroatoms. The maximum Gasteiger partial charge on any atom is 0.0600 e. The molecule has 0 saturated carbocycles. The largest absolute Gasteiger partial charge is 0.257 e. The molecule has 1 nitrogen and oxygen atoms in total. The molecule has 0 N–H and O–H groups in total. The lowest BCUT2D eigenvalue weighted by Gasteiger charge is -1.97. The molecule has 0 saturated heterocycles. The Bertz CT molecular complexity index is 191. The predicted molar refractivity (Wildman–Crippen MR) is 59.2 cm³/mol. The summed E-state index contributed by atoms with van der Waals surface area (Å²) in [5, 5.41) is 0. The molecule has 0 aliphatic rings. The molecular formula is C9H15ClNP. The first-order valence-corrected chi connectivity index (χ1v) is 5.29. The van der Waals surface area contributed by atoms with Gasteiger partial charge in [-0.2, -0.15) is 0 Å². The van der Waals surface area contributed by atoms with Crippen molar-refractivity contribution in [3.63, 3.8) is 0 Å². The van der Waals surface area contributed by atoms with E-state index in [0.29, 0.717) is 0 Å². The molecule has 1 aromatic heterocycles. The second-order valence-corrected chi connectivity index (χ2v) is 3.86. The fourth-order valence-electron chi connectivity index (χ4n) is 0.861. The summed E-state index contributed by atoms with van der Waals surface area (Å²) < 4.78 is 0. The fourth-order valence-corrected chi connectivity index (χ4v) is 2.03. The average molecular weight is 204 g/mol. The van der Waals surface area contributed by atoms with Gasteiger partial charge in [-0.15, -0.1) is 12.4 Å². The van der Waals surface area contributed by atoms with Crippen LogP contribution in [0.25, 0.3) is 0 Å².